The average molecular weight is 416 g/mol. The van der Waals surface area contributed by atoms with Crippen LogP contribution in [0.3, 0.4) is 0 Å². The predicted molar refractivity (Wildman–Crippen MR) is 114 cm³/mol. The van der Waals surface area contributed by atoms with E-state index in [2.05, 4.69) is 21.9 Å². The zero-order chi connectivity index (χ0) is 21.3. The van der Waals surface area contributed by atoms with Crippen LogP contribution in [0.25, 0.3) is 0 Å². The molecule has 0 aliphatic carbocycles. The molecule has 7 nitrogen and oxygen atoms in total. The maximum absolute atomic E-state index is 12.2. The molecule has 2 rings (SSSR count). The van der Waals surface area contributed by atoms with Gasteiger partial charge in [0.25, 0.3) is 5.91 Å². The van der Waals surface area contributed by atoms with Crippen LogP contribution in [0.15, 0.2) is 67.3 Å². The lowest BCUT2D eigenvalue weighted by atomic mass is 10.1. The fourth-order valence-electron chi connectivity index (χ4n) is 2.58. The number of benzene rings is 2. The van der Waals surface area contributed by atoms with E-state index in [1.807, 2.05) is 6.07 Å². The topological polar surface area (TPSA) is 104 Å². The van der Waals surface area contributed by atoms with Crippen LogP contribution in [0.5, 0.6) is 0 Å². The van der Waals surface area contributed by atoms with Gasteiger partial charge in [-0.25, -0.2) is 13.1 Å². The SMILES string of the molecule is C=CCNS(=O)(=O)Cc1ccc(NC(=O)CC(C)NC(=O)c2ccccc2)cc1. The second-order valence-electron chi connectivity index (χ2n) is 6.59. The maximum Gasteiger partial charge on any atom is 0.251 e. The van der Waals surface area contributed by atoms with Gasteiger partial charge in [0.2, 0.25) is 15.9 Å². The van der Waals surface area contributed by atoms with E-state index in [9.17, 15) is 18.0 Å². The fraction of sp³-hybridized carbons (Fsp3) is 0.238. The summed E-state index contributed by atoms with van der Waals surface area (Å²) < 4.78 is 26.1. The van der Waals surface area contributed by atoms with Crippen molar-refractivity contribution in [2.75, 3.05) is 11.9 Å². The third kappa shape index (κ3) is 7.89. The molecule has 0 aliphatic heterocycles. The van der Waals surface area contributed by atoms with Crippen molar-refractivity contribution in [3.05, 3.63) is 78.4 Å². The van der Waals surface area contributed by atoms with Crippen molar-refractivity contribution < 1.29 is 18.0 Å². The Morgan fingerprint density at radius 2 is 1.72 bits per heavy atom. The van der Waals surface area contributed by atoms with Crippen LogP contribution < -0.4 is 15.4 Å². The molecule has 0 heterocycles. The van der Waals surface area contributed by atoms with Gasteiger partial charge in [0.15, 0.2) is 0 Å². The number of anilines is 1. The van der Waals surface area contributed by atoms with E-state index < -0.39 is 10.0 Å². The number of hydrogen-bond donors (Lipinski definition) is 3. The number of carbonyl (C=O) groups is 2. The summed E-state index contributed by atoms with van der Waals surface area (Å²) in [5.41, 5.74) is 1.69. The summed E-state index contributed by atoms with van der Waals surface area (Å²) in [6.45, 7) is 5.40. The number of nitrogens with one attached hydrogen (secondary N) is 3. The molecule has 29 heavy (non-hydrogen) atoms. The largest absolute Gasteiger partial charge is 0.349 e. The molecule has 0 saturated heterocycles. The lowest BCUT2D eigenvalue weighted by Crippen LogP contribution is -2.35. The zero-order valence-electron chi connectivity index (χ0n) is 16.2. The van der Waals surface area contributed by atoms with Crippen molar-refractivity contribution in [2.45, 2.75) is 25.1 Å². The first kappa shape index (κ1) is 22.3. The molecule has 0 radical (unpaired) electrons. The Labute approximate surface area is 171 Å². The highest BCUT2D eigenvalue weighted by molar-refractivity contribution is 7.88. The summed E-state index contributed by atoms with van der Waals surface area (Å²) in [6.07, 6.45) is 1.58. The van der Waals surface area contributed by atoms with Crippen LogP contribution in [0.1, 0.15) is 29.3 Å². The van der Waals surface area contributed by atoms with Gasteiger partial charge in [-0.3, -0.25) is 9.59 Å². The van der Waals surface area contributed by atoms with Gasteiger partial charge in [-0.2, -0.15) is 0 Å². The summed E-state index contributed by atoms with van der Waals surface area (Å²) in [5, 5.41) is 5.53. The van der Waals surface area contributed by atoms with Crippen LogP contribution in [-0.2, 0) is 20.6 Å². The smallest absolute Gasteiger partial charge is 0.251 e. The Bertz CT molecular complexity index is 942. The number of sulfonamides is 1. The number of amides is 2. The molecule has 1 unspecified atom stereocenters. The van der Waals surface area contributed by atoms with E-state index in [0.717, 1.165) is 0 Å². The molecule has 0 spiro atoms. The summed E-state index contributed by atoms with van der Waals surface area (Å²) in [5.74, 6) is -0.641. The van der Waals surface area contributed by atoms with Crippen molar-refractivity contribution in [3.63, 3.8) is 0 Å². The van der Waals surface area contributed by atoms with Crippen LogP contribution >= 0.6 is 0 Å². The molecule has 2 amide bonds. The molecule has 0 bridgehead atoms. The standard InChI is InChI=1S/C21H25N3O4S/c1-3-13-22-29(27,28)15-17-9-11-19(12-10-17)24-20(25)14-16(2)23-21(26)18-7-5-4-6-8-18/h3-12,16,22H,1,13-15H2,2H3,(H,23,26)(H,24,25). The van der Waals surface area contributed by atoms with E-state index in [0.29, 0.717) is 16.8 Å². The average Bonchev–Trinajstić information content (AvgIpc) is 2.68. The fourth-order valence-corrected chi connectivity index (χ4v) is 3.68. The normalized spacial score (nSPS) is 12.0. The Morgan fingerprint density at radius 3 is 2.34 bits per heavy atom. The predicted octanol–water partition coefficient (Wildman–Crippen LogP) is 2.44. The summed E-state index contributed by atoms with van der Waals surface area (Å²) >= 11 is 0. The lowest BCUT2D eigenvalue weighted by Gasteiger charge is -2.14. The van der Waals surface area contributed by atoms with Crippen LogP contribution in [-0.4, -0.2) is 32.8 Å². The van der Waals surface area contributed by atoms with E-state index in [1.165, 1.54) is 6.08 Å². The monoisotopic (exact) mass is 415 g/mol. The van der Waals surface area contributed by atoms with Gasteiger partial charge >= 0.3 is 0 Å². The zero-order valence-corrected chi connectivity index (χ0v) is 17.0. The lowest BCUT2D eigenvalue weighted by molar-refractivity contribution is -0.116. The summed E-state index contributed by atoms with van der Waals surface area (Å²) in [7, 11) is -3.43. The molecule has 154 valence electrons. The van der Waals surface area contributed by atoms with Crippen molar-refractivity contribution in [3.8, 4) is 0 Å². The molecular weight excluding hydrogens is 390 g/mol. The van der Waals surface area contributed by atoms with Crippen molar-refractivity contribution in [1.29, 1.82) is 0 Å². The Balaban J connectivity index is 1.84. The van der Waals surface area contributed by atoms with Gasteiger partial charge in [-0.05, 0) is 36.8 Å². The van der Waals surface area contributed by atoms with Crippen molar-refractivity contribution in [2.24, 2.45) is 0 Å². The van der Waals surface area contributed by atoms with Crippen LogP contribution in [0, 0.1) is 0 Å². The minimum absolute atomic E-state index is 0.111. The first-order chi connectivity index (χ1) is 13.8. The molecule has 2 aromatic rings. The highest BCUT2D eigenvalue weighted by Crippen LogP contribution is 2.12. The van der Waals surface area contributed by atoms with E-state index in [4.69, 9.17) is 0 Å². The molecule has 8 heteroatoms. The van der Waals surface area contributed by atoms with Gasteiger partial charge in [0.05, 0.1) is 5.75 Å². The van der Waals surface area contributed by atoms with Crippen LogP contribution in [0.2, 0.25) is 0 Å². The molecule has 2 aromatic carbocycles. The maximum atomic E-state index is 12.2. The van der Waals surface area contributed by atoms with Gasteiger partial charge in [0, 0.05) is 30.3 Å². The Hall–Kier alpha value is -2.97. The van der Waals surface area contributed by atoms with Crippen LogP contribution in [0.4, 0.5) is 5.69 Å². The summed E-state index contributed by atoms with van der Waals surface area (Å²) in [6, 6.07) is 15.0. The van der Waals surface area contributed by atoms with Crippen molar-refractivity contribution >= 4 is 27.5 Å². The molecule has 1 atom stereocenters. The van der Waals surface area contributed by atoms with E-state index in [-0.39, 0.29) is 36.6 Å². The molecule has 0 saturated carbocycles. The quantitative estimate of drug-likeness (QED) is 0.519. The minimum atomic E-state index is -3.43. The number of hydrogen-bond acceptors (Lipinski definition) is 4. The second kappa shape index (κ2) is 10.5. The van der Waals surface area contributed by atoms with Gasteiger partial charge in [-0.15, -0.1) is 6.58 Å². The number of carbonyl (C=O) groups excluding carboxylic acids is 2. The third-order valence-corrected chi connectivity index (χ3v) is 5.27. The molecular formula is C21H25N3O4S. The Morgan fingerprint density at radius 1 is 1.07 bits per heavy atom. The van der Waals surface area contributed by atoms with E-state index >= 15 is 0 Å². The first-order valence-electron chi connectivity index (χ1n) is 9.12. The third-order valence-electron chi connectivity index (χ3n) is 3.95. The first-order valence-corrected chi connectivity index (χ1v) is 10.8. The van der Waals surface area contributed by atoms with E-state index in [1.54, 1.807) is 55.5 Å². The highest BCUT2D eigenvalue weighted by Gasteiger charge is 2.14. The van der Waals surface area contributed by atoms with Gasteiger partial charge < -0.3 is 10.6 Å². The second-order valence-corrected chi connectivity index (χ2v) is 8.39. The molecule has 0 aliphatic rings. The highest BCUT2D eigenvalue weighted by atomic mass is 32.2. The molecule has 0 aromatic heterocycles. The summed E-state index contributed by atoms with van der Waals surface area (Å²) in [4.78, 5) is 24.3. The minimum Gasteiger partial charge on any atom is -0.349 e. The van der Waals surface area contributed by atoms with Crippen molar-refractivity contribution in [1.82, 2.24) is 10.0 Å². The van der Waals surface area contributed by atoms with Gasteiger partial charge in [-0.1, -0.05) is 36.4 Å². The Kier molecular flexibility index (Phi) is 8.11. The number of rotatable bonds is 10. The van der Waals surface area contributed by atoms with Gasteiger partial charge in [0.1, 0.15) is 0 Å². The molecule has 3 N–H and O–H groups in total. The molecule has 0 fully saturated rings.